The number of fused-ring (bicyclic) bond motifs is 1. The predicted molar refractivity (Wildman–Crippen MR) is 82.2 cm³/mol. The number of phosphoric acid groups is 1. The first-order chi connectivity index (χ1) is 11.3. The molecular weight excluding hydrogens is 363 g/mol. The van der Waals surface area contributed by atoms with Crippen molar-refractivity contribution in [1.29, 1.82) is 0 Å². The molecule has 2 aromatic rings. The molecule has 0 spiro atoms. The van der Waals surface area contributed by atoms with Crippen molar-refractivity contribution in [1.82, 2.24) is 19.5 Å². The Morgan fingerprint density at radius 1 is 1.42 bits per heavy atom. The third-order valence-electron chi connectivity index (χ3n) is 3.61. The summed E-state index contributed by atoms with van der Waals surface area (Å²) in [6.45, 7) is -0.466. The highest BCUT2D eigenvalue weighted by atomic mass is 32.2. The minimum atomic E-state index is -4.67. The smallest absolute Gasteiger partial charge is 0.469 e. The minimum absolute atomic E-state index is 0.186. The largest absolute Gasteiger partial charge is 0.492 e. The summed E-state index contributed by atoms with van der Waals surface area (Å²) in [7, 11) is -4.67. The van der Waals surface area contributed by atoms with Crippen molar-refractivity contribution in [2.75, 3.05) is 12.9 Å². The highest BCUT2D eigenvalue weighted by Crippen LogP contribution is 2.41. The van der Waals surface area contributed by atoms with Gasteiger partial charge < -0.3 is 24.7 Å². The van der Waals surface area contributed by atoms with Gasteiger partial charge in [0.15, 0.2) is 17.4 Å². The van der Waals surface area contributed by atoms with Crippen LogP contribution >= 0.6 is 19.6 Å². The summed E-state index contributed by atoms with van der Waals surface area (Å²) < 4.78 is 22.5. The van der Waals surface area contributed by atoms with Crippen LogP contribution in [-0.4, -0.2) is 69.8 Å². The number of ether oxygens (including phenoxy) is 1. The normalized spacial score (nSPS) is 27.8. The zero-order valence-corrected chi connectivity index (χ0v) is 14.0. The van der Waals surface area contributed by atoms with Crippen LogP contribution in [0.4, 0.5) is 0 Å². The topological polar surface area (TPSA) is 160 Å². The van der Waals surface area contributed by atoms with Crippen molar-refractivity contribution in [2.45, 2.75) is 23.7 Å². The van der Waals surface area contributed by atoms with Gasteiger partial charge in [0, 0.05) is 0 Å². The third kappa shape index (κ3) is 3.26. The zero-order valence-electron chi connectivity index (χ0n) is 12.3. The number of nitrogens with zero attached hydrogens (tertiary/aromatic N) is 4. The molecule has 1 fully saturated rings. The second kappa shape index (κ2) is 6.56. The van der Waals surface area contributed by atoms with Crippen LogP contribution in [0.2, 0.25) is 0 Å². The SMILES string of the molecule is CS[C@@H]1[C@H](O)[C@@H](COP(=O)(O)O)O[C@H]1n1cnc2c(O)ncnc21. The molecule has 0 aliphatic carbocycles. The van der Waals surface area contributed by atoms with Crippen LogP contribution in [-0.2, 0) is 13.8 Å². The summed E-state index contributed by atoms with van der Waals surface area (Å²) in [5, 5.41) is 19.6. The maximum atomic E-state index is 10.8. The van der Waals surface area contributed by atoms with E-state index in [9.17, 15) is 14.8 Å². The number of rotatable bonds is 5. The van der Waals surface area contributed by atoms with Gasteiger partial charge in [0.2, 0.25) is 5.88 Å². The molecule has 3 heterocycles. The molecule has 13 heteroatoms. The van der Waals surface area contributed by atoms with Gasteiger partial charge in [-0.2, -0.15) is 16.7 Å². The molecule has 0 aromatic carbocycles. The maximum absolute atomic E-state index is 10.8. The molecule has 24 heavy (non-hydrogen) atoms. The highest BCUT2D eigenvalue weighted by Gasteiger charge is 2.45. The van der Waals surface area contributed by atoms with E-state index < -0.39 is 38.1 Å². The molecule has 0 radical (unpaired) electrons. The van der Waals surface area contributed by atoms with Gasteiger partial charge in [-0.3, -0.25) is 9.09 Å². The molecular formula is C11H15N4O7PS. The summed E-state index contributed by atoms with van der Waals surface area (Å²) in [6.07, 6.45) is 1.66. The van der Waals surface area contributed by atoms with Gasteiger partial charge in [0.1, 0.15) is 12.4 Å². The summed E-state index contributed by atoms with van der Waals surface area (Å²) in [5.41, 5.74) is 0.501. The standard InChI is InChI=1S/C11H15N4O7PS/c1-24-8-7(16)5(2-21-23(18,19)20)22-11(8)15-4-14-6-9(15)12-3-13-10(6)17/h3-5,7-8,11,16H,2H2,1H3,(H,12,13,17)(H2,18,19,20)/t5-,7-,8-,11-/m1/s1. The number of aromatic hydroxyl groups is 1. The molecule has 3 rings (SSSR count). The van der Waals surface area contributed by atoms with E-state index in [-0.39, 0.29) is 11.4 Å². The lowest BCUT2D eigenvalue weighted by atomic mass is 10.2. The fraction of sp³-hybridized carbons (Fsp3) is 0.545. The summed E-state index contributed by atoms with van der Waals surface area (Å²) >= 11 is 1.32. The van der Waals surface area contributed by atoms with E-state index in [2.05, 4.69) is 19.5 Å². The summed E-state index contributed by atoms with van der Waals surface area (Å²) in [6, 6.07) is 0. The fourth-order valence-electron chi connectivity index (χ4n) is 2.53. The first-order valence-corrected chi connectivity index (χ1v) is 9.56. The van der Waals surface area contributed by atoms with Crippen molar-refractivity contribution < 1.29 is 33.8 Å². The van der Waals surface area contributed by atoms with Crippen LogP contribution in [0.15, 0.2) is 12.7 Å². The van der Waals surface area contributed by atoms with Crippen LogP contribution < -0.4 is 0 Å². The number of aliphatic hydroxyl groups is 1. The Balaban J connectivity index is 1.89. The van der Waals surface area contributed by atoms with E-state index >= 15 is 0 Å². The van der Waals surface area contributed by atoms with Gasteiger partial charge in [-0.25, -0.2) is 14.5 Å². The molecule has 132 valence electrons. The number of imidazole rings is 1. The average Bonchev–Trinajstić information content (AvgIpc) is 3.06. The Hall–Kier alpha value is -1.27. The van der Waals surface area contributed by atoms with Gasteiger partial charge in [0.25, 0.3) is 0 Å². The van der Waals surface area contributed by atoms with Crippen molar-refractivity contribution in [3.05, 3.63) is 12.7 Å². The van der Waals surface area contributed by atoms with Gasteiger partial charge in [0.05, 0.1) is 24.3 Å². The monoisotopic (exact) mass is 378 g/mol. The Morgan fingerprint density at radius 3 is 2.83 bits per heavy atom. The molecule has 0 unspecified atom stereocenters. The molecule has 11 nitrogen and oxygen atoms in total. The quantitative estimate of drug-likeness (QED) is 0.503. The number of aliphatic hydroxyl groups excluding tert-OH is 1. The molecule has 4 N–H and O–H groups in total. The third-order valence-corrected chi connectivity index (χ3v) is 5.15. The van der Waals surface area contributed by atoms with E-state index in [0.29, 0.717) is 5.65 Å². The summed E-state index contributed by atoms with van der Waals surface area (Å²) in [5.74, 6) is -0.278. The molecule has 4 atom stereocenters. The Morgan fingerprint density at radius 2 is 2.17 bits per heavy atom. The molecule has 0 saturated carbocycles. The molecule has 1 aliphatic rings. The van der Waals surface area contributed by atoms with Crippen molar-refractivity contribution in [3.63, 3.8) is 0 Å². The van der Waals surface area contributed by atoms with Gasteiger partial charge in [-0.1, -0.05) is 0 Å². The van der Waals surface area contributed by atoms with Crippen LogP contribution in [0.5, 0.6) is 5.88 Å². The maximum Gasteiger partial charge on any atom is 0.469 e. The Bertz CT molecular complexity index is 783. The van der Waals surface area contributed by atoms with Crippen molar-refractivity contribution in [3.8, 4) is 5.88 Å². The number of thioether (sulfide) groups is 1. The minimum Gasteiger partial charge on any atom is -0.492 e. The van der Waals surface area contributed by atoms with Gasteiger partial charge in [-0.05, 0) is 6.26 Å². The fourth-order valence-corrected chi connectivity index (χ4v) is 3.75. The lowest BCUT2D eigenvalue weighted by molar-refractivity contribution is -0.0422. The first kappa shape index (κ1) is 17.5. The van der Waals surface area contributed by atoms with E-state index in [1.54, 1.807) is 6.26 Å². The van der Waals surface area contributed by atoms with Crippen LogP contribution in [0.1, 0.15) is 6.23 Å². The number of phosphoric ester groups is 1. The number of hydrogen-bond donors (Lipinski definition) is 4. The van der Waals surface area contributed by atoms with Crippen molar-refractivity contribution >= 4 is 30.7 Å². The molecule has 0 amide bonds. The molecule has 1 aliphatic heterocycles. The van der Waals surface area contributed by atoms with Crippen molar-refractivity contribution in [2.24, 2.45) is 0 Å². The molecule has 1 saturated heterocycles. The van der Waals surface area contributed by atoms with Crippen LogP contribution in [0.3, 0.4) is 0 Å². The van der Waals surface area contributed by atoms with E-state index in [4.69, 9.17) is 14.5 Å². The molecule has 0 bridgehead atoms. The predicted octanol–water partition coefficient (Wildman–Crippen LogP) is -0.369. The second-order valence-corrected chi connectivity index (χ2v) is 7.32. The lowest BCUT2D eigenvalue weighted by Crippen LogP contribution is -2.31. The average molecular weight is 378 g/mol. The highest BCUT2D eigenvalue weighted by molar-refractivity contribution is 7.99. The summed E-state index contributed by atoms with van der Waals surface area (Å²) in [4.78, 5) is 29.3. The van der Waals surface area contributed by atoms with E-state index in [1.165, 1.54) is 29.0 Å². The first-order valence-electron chi connectivity index (χ1n) is 6.74. The zero-order chi connectivity index (χ0) is 17.5. The Kier molecular flexibility index (Phi) is 4.80. The van der Waals surface area contributed by atoms with Gasteiger partial charge in [-0.15, -0.1) is 0 Å². The van der Waals surface area contributed by atoms with Crippen LogP contribution in [0.25, 0.3) is 11.2 Å². The number of hydrogen-bond acceptors (Lipinski definition) is 9. The number of aromatic nitrogens is 4. The Labute approximate surface area is 139 Å². The second-order valence-electron chi connectivity index (χ2n) is 5.06. The van der Waals surface area contributed by atoms with E-state index in [1.807, 2.05) is 0 Å². The molecule has 2 aromatic heterocycles. The van der Waals surface area contributed by atoms with Crippen LogP contribution in [0, 0.1) is 0 Å². The lowest BCUT2D eigenvalue weighted by Gasteiger charge is -2.19. The van der Waals surface area contributed by atoms with Gasteiger partial charge >= 0.3 is 7.82 Å². The van der Waals surface area contributed by atoms with E-state index in [0.717, 1.165) is 0 Å².